The number of amides is 1. The van der Waals surface area contributed by atoms with Crippen LogP contribution in [0.2, 0.25) is 0 Å². The van der Waals surface area contributed by atoms with E-state index in [1.54, 1.807) is 0 Å². The number of thiophene rings is 1. The summed E-state index contributed by atoms with van der Waals surface area (Å²) in [6, 6.07) is 3.82. The highest BCUT2D eigenvalue weighted by molar-refractivity contribution is 9.11. The van der Waals surface area contributed by atoms with Gasteiger partial charge >= 0.3 is 5.97 Å². The number of aliphatic carboxylic acids is 1. The lowest BCUT2D eigenvalue weighted by Gasteiger charge is -2.32. The van der Waals surface area contributed by atoms with E-state index in [4.69, 9.17) is 5.11 Å². The molecule has 1 unspecified atom stereocenters. The smallest absolute Gasteiger partial charge is 0.305 e. The maximum Gasteiger partial charge on any atom is 0.305 e. The van der Waals surface area contributed by atoms with Crippen molar-refractivity contribution in [2.45, 2.75) is 51.5 Å². The van der Waals surface area contributed by atoms with Crippen LogP contribution in [0.25, 0.3) is 0 Å². The van der Waals surface area contributed by atoms with Crippen LogP contribution < -0.4 is 5.32 Å². The summed E-state index contributed by atoms with van der Waals surface area (Å²) in [6.45, 7) is 5.64. The summed E-state index contributed by atoms with van der Waals surface area (Å²) in [6.07, 6.45) is 1.15. The quantitative estimate of drug-likeness (QED) is 0.776. The molecule has 0 radical (unpaired) electrons. The molecule has 112 valence electrons. The highest BCUT2D eigenvalue weighted by Crippen LogP contribution is 2.29. The summed E-state index contributed by atoms with van der Waals surface area (Å²) in [5, 5.41) is 12.0. The molecular formula is C14H20BrNO3S. The van der Waals surface area contributed by atoms with Crippen molar-refractivity contribution < 1.29 is 14.7 Å². The molecule has 1 heterocycles. The lowest BCUT2D eigenvalue weighted by atomic mass is 9.88. The number of hydrogen-bond donors (Lipinski definition) is 2. The lowest BCUT2D eigenvalue weighted by molar-refractivity contribution is -0.139. The lowest BCUT2D eigenvalue weighted by Crippen LogP contribution is -2.50. The zero-order chi connectivity index (χ0) is 15.3. The molecule has 0 fully saturated rings. The number of halogens is 1. The van der Waals surface area contributed by atoms with Gasteiger partial charge in [0.05, 0.1) is 16.1 Å². The van der Waals surface area contributed by atoms with Gasteiger partial charge in [0.2, 0.25) is 5.91 Å². The van der Waals surface area contributed by atoms with Gasteiger partial charge in [-0.05, 0) is 47.8 Å². The molecular weight excluding hydrogens is 342 g/mol. The Bertz CT molecular complexity index is 483. The first-order chi connectivity index (χ1) is 9.33. The molecule has 20 heavy (non-hydrogen) atoms. The van der Waals surface area contributed by atoms with Crippen LogP contribution in [0.4, 0.5) is 0 Å². The van der Waals surface area contributed by atoms with Crippen molar-refractivity contribution in [3.8, 4) is 0 Å². The van der Waals surface area contributed by atoms with Crippen molar-refractivity contribution >= 4 is 39.1 Å². The summed E-state index contributed by atoms with van der Waals surface area (Å²) in [5.41, 5.74) is -0.661. The van der Waals surface area contributed by atoms with Gasteiger partial charge in [-0.25, -0.2) is 0 Å². The van der Waals surface area contributed by atoms with Crippen LogP contribution in [0.5, 0.6) is 0 Å². The summed E-state index contributed by atoms with van der Waals surface area (Å²) in [5.74, 6) is -1.29. The Hall–Kier alpha value is -0.880. The number of nitrogens with one attached hydrogen (secondary N) is 1. The van der Waals surface area contributed by atoms with E-state index in [1.165, 1.54) is 11.3 Å². The maximum absolute atomic E-state index is 12.4. The van der Waals surface area contributed by atoms with Gasteiger partial charge in [-0.3, -0.25) is 9.59 Å². The predicted octanol–water partition coefficient (Wildman–Crippen LogP) is 3.76. The van der Waals surface area contributed by atoms with E-state index in [2.05, 4.69) is 21.2 Å². The van der Waals surface area contributed by atoms with Crippen LogP contribution in [-0.4, -0.2) is 22.5 Å². The van der Waals surface area contributed by atoms with Gasteiger partial charge in [0.15, 0.2) is 0 Å². The van der Waals surface area contributed by atoms with Crippen molar-refractivity contribution in [1.29, 1.82) is 0 Å². The van der Waals surface area contributed by atoms with Crippen molar-refractivity contribution in [2.75, 3.05) is 0 Å². The molecule has 1 atom stereocenters. The molecule has 0 aliphatic carbocycles. The molecule has 0 aliphatic rings. The van der Waals surface area contributed by atoms with E-state index in [1.807, 2.05) is 32.9 Å². The van der Waals surface area contributed by atoms with E-state index >= 15 is 0 Å². The van der Waals surface area contributed by atoms with E-state index in [0.717, 1.165) is 8.66 Å². The van der Waals surface area contributed by atoms with Crippen LogP contribution >= 0.6 is 27.3 Å². The summed E-state index contributed by atoms with van der Waals surface area (Å²) in [4.78, 5) is 24.3. The minimum Gasteiger partial charge on any atom is -0.481 e. The van der Waals surface area contributed by atoms with Crippen LogP contribution in [0.15, 0.2) is 15.9 Å². The molecule has 0 bridgehead atoms. The Morgan fingerprint density at radius 2 is 2.00 bits per heavy atom. The number of carboxylic acids is 1. The second-order valence-electron chi connectivity index (χ2n) is 4.91. The SMILES string of the molecule is CCC(CC)(CC(=O)O)NC(=O)C(C)c1ccc(Br)s1. The Morgan fingerprint density at radius 1 is 1.40 bits per heavy atom. The van der Waals surface area contributed by atoms with Gasteiger partial charge in [0, 0.05) is 10.4 Å². The van der Waals surface area contributed by atoms with Gasteiger partial charge in [0.1, 0.15) is 0 Å². The van der Waals surface area contributed by atoms with Gasteiger partial charge < -0.3 is 10.4 Å². The van der Waals surface area contributed by atoms with E-state index < -0.39 is 11.5 Å². The molecule has 0 saturated heterocycles. The Labute approximate surface area is 131 Å². The number of rotatable bonds is 7. The molecule has 2 N–H and O–H groups in total. The Morgan fingerprint density at radius 3 is 2.40 bits per heavy atom. The second kappa shape index (κ2) is 7.22. The fraction of sp³-hybridized carbons (Fsp3) is 0.571. The molecule has 6 heteroatoms. The van der Waals surface area contributed by atoms with Crippen LogP contribution in [-0.2, 0) is 9.59 Å². The van der Waals surface area contributed by atoms with Gasteiger partial charge in [-0.1, -0.05) is 13.8 Å². The topological polar surface area (TPSA) is 66.4 Å². The number of carboxylic acid groups (broad SMARTS) is 1. The first-order valence-electron chi connectivity index (χ1n) is 6.62. The largest absolute Gasteiger partial charge is 0.481 e. The van der Waals surface area contributed by atoms with Gasteiger partial charge in [-0.2, -0.15) is 0 Å². The van der Waals surface area contributed by atoms with Crippen molar-refractivity contribution in [1.82, 2.24) is 5.32 Å². The average molecular weight is 362 g/mol. The minimum atomic E-state index is -0.888. The average Bonchev–Trinajstić information content (AvgIpc) is 2.82. The van der Waals surface area contributed by atoms with Crippen LogP contribution in [0.3, 0.4) is 0 Å². The first kappa shape index (κ1) is 17.2. The summed E-state index contributed by atoms with van der Waals surface area (Å²) in [7, 11) is 0. The normalized spacial score (nSPS) is 13.0. The third-order valence-corrected chi connectivity index (χ3v) is 5.45. The molecule has 0 aromatic carbocycles. The van der Waals surface area contributed by atoms with Gasteiger partial charge in [0.25, 0.3) is 0 Å². The van der Waals surface area contributed by atoms with Crippen LogP contribution in [0.1, 0.15) is 50.8 Å². The molecule has 1 aromatic rings. The number of carbonyl (C=O) groups is 2. The zero-order valence-electron chi connectivity index (χ0n) is 11.9. The van der Waals surface area contributed by atoms with Crippen molar-refractivity contribution in [3.05, 3.63) is 20.8 Å². The summed E-state index contributed by atoms with van der Waals surface area (Å²) >= 11 is 4.90. The Balaban J connectivity index is 2.82. The highest BCUT2D eigenvalue weighted by atomic mass is 79.9. The molecule has 1 aromatic heterocycles. The first-order valence-corrected chi connectivity index (χ1v) is 8.23. The molecule has 4 nitrogen and oxygen atoms in total. The minimum absolute atomic E-state index is 0.0490. The third-order valence-electron chi connectivity index (χ3n) is 3.65. The molecule has 0 aliphatic heterocycles. The summed E-state index contributed by atoms with van der Waals surface area (Å²) < 4.78 is 0.981. The third kappa shape index (κ3) is 4.31. The maximum atomic E-state index is 12.4. The molecule has 1 amide bonds. The fourth-order valence-corrected chi connectivity index (χ4v) is 3.54. The second-order valence-corrected chi connectivity index (χ2v) is 7.41. The fourth-order valence-electron chi connectivity index (χ4n) is 2.07. The zero-order valence-corrected chi connectivity index (χ0v) is 14.3. The molecule has 0 spiro atoms. The highest BCUT2D eigenvalue weighted by Gasteiger charge is 2.32. The number of carbonyl (C=O) groups excluding carboxylic acids is 1. The van der Waals surface area contributed by atoms with Crippen molar-refractivity contribution in [3.63, 3.8) is 0 Å². The number of hydrogen-bond acceptors (Lipinski definition) is 3. The van der Waals surface area contributed by atoms with E-state index in [9.17, 15) is 9.59 Å². The molecule has 1 rings (SSSR count). The van der Waals surface area contributed by atoms with E-state index in [-0.39, 0.29) is 18.2 Å². The van der Waals surface area contributed by atoms with Gasteiger partial charge in [-0.15, -0.1) is 11.3 Å². The van der Waals surface area contributed by atoms with E-state index in [0.29, 0.717) is 12.8 Å². The van der Waals surface area contributed by atoms with Crippen molar-refractivity contribution in [2.24, 2.45) is 0 Å². The van der Waals surface area contributed by atoms with Crippen LogP contribution in [0, 0.1) is 0 Å². The standard InChI is InChI=1S/C14H20BrNO3S/c1-4-14(5-2,8-12(17)18)16-13(19)9(3)10-6-7-11(15)20-10/h6-7,9H,4-5,8H2,1-3H3,(H,16,19)(H,17,18). The monoisotopic (exact) mass is 361 g/mol. The Kier molecular flexibility index (Phi) is 6.20. The molecule has 0 saturated carbocycles. The predicted molar refractivity (Wildman–Crippen MR) is 84.1 cm³/mol.